The third-order valence-electron chi connectivity index (χ3n) is 7.95. The smallest absolute Gasteiger partial charge is 0.168 e. The van der Waals surface area contributed by atoms with Crippen LogP contribution < -0.4 is 9.47 Å². The molecule has 0 bridgehead atoms. The SMILES string of the molecule is CC(C)(C)c1cc2c(c(C(C)(C)C)c1)S[C@H]1S[C@@]3(C)Oc4cc(C(C)(C)C)cc(C(C)(C)C)c4S[C@H]3[C@H]1O2. The molecule has 3 heterocycles. The van der Waals surface area contributed by atoms with Gasteiger partial charge >= 0.3 is 0 Å². The van der Waals surface area contributed by atoms with Crippen LogP contribution in [0, 0.1) is 0 Å². The van der Waals surface area contributed by atoms with Gasteiger partial charge in [-0.3, -0.25) is 0 Å². The molecular formula is C33H46O2S3. The summed E-state index contributed by atoms with van der Waals surface area (Å²) in [5.74, 6) is 2.11. The van der Waals surface area contributed by atoms with E-state index in [1.54, 1.807) is 0 Å². The molecule has 4 atom stereocenters. The minimum atomic E-state index is -0.345. The number of hydrogen-bond donors (Lipinski definition) is 0. The molecule has 2 nitrogen and oxygen atoms in total. The van der Waals surface area contributed by atoms with Crippen molar-refractivity contribution in [2.75, 3.05) is 0 Å². The molecule has 38 heavy (non-hydrogen) atoms. The Kier molecular flexibility index (Phi) is 6.62. The van der Waals surface area contributed by atoms with E-state index in [1.807, 2.05) is 35.3 Å². The maximum atomic E-state index is 7.04. The van der Waals surface area contributed by atoms with E-state index in [0.29, 0.717) is 4.58 Å². The van der Waals surface area contributed by atoms with E-state index in [9.17, 15) is 0 Å². The quantitative estimate of drug-likeness (QED) is 0.313. The highest BCUT2D eigenvalue weighted by molar-refractivity contribution is 8.18. The predicted octanol–water partition coefficient (Wildman–Crippen LogP) is 10.1. The molecule has 0 N–H and O–H groups in total. The average molecular weight is 571 g/mol. The molecular weight excluding hydrogens is 525 g/mol. The summed E-state index contributed by atoms with van der Waals surface area (Å²) in [6.07, 6.45) is 0.0822. The van der Waals surface area contributed by atoms with Gasteiger partial charge in [0.1, 0.15) is 17.6 Å². The van der Waals surface area contributed by atoms with Crippen LogP contribution in [0.1, 0.15) is 112 Å². The monoisotopic (exact) mass is 570 g/mol. The summed E-state index contributed by atoms with van der Waals surface area (Å²) in [6, 6.07) is 9.47. The lowest BCUT2D eigenvalue weighted by Gasteiger charge is -2.41. The van der Waals surface area contributed by atoms with Crippen molar-refractivity contribution in [2.24, 2.45) is 0 Å². The van der Waals surface area contributed by atoms with Gasteiger partial charge in [-0.05, 0) is 63.0 Å². The van der Waals surface area contributed by atoms with E-state index in [2.05, 4.69) is 114 Å². The maximum Gasteiger partial charge on any atom is 0.168 e. The molecule has 0 unspecified atom stereocenters. The van der Waals surface area contributed by atoms with Gasteiger partial charge in [0.25, 0.3) is 0 Å². The number of thioether (sulfide) groups is 3. The Balaban J connectivity index is 1.59. The maximum absolute atomic E-state index is 7.04. The molecule has 3 aliphatic heterocycles. The molecule has 0 saturated carbocycles. The van der Waals surface area contributed by atoms with E-state index in [4.69, 9.17) is 9.47 Å². The third kappa shape index (κ3) is 4.91. The molecule has 0 aromatic heterocycles. The summed E-state index contributed by atoms with van der Waals surface area (Å²) < 4.78 is 14.4. The van der Waals surface area contributed by atoms with Crippen molar-refractivity contribution in [1.29, 1.82) is 0 Å². The Morgan fingerprint density at radius 3 is 1.58 bits per heavy atom. The summed E-state index contributed by atoms with van der Waals surface area (Å²) in [5.41, 5.74) is 5.65. The average Bonchev–Trinajstić information content (AvgIpc) is 3.01. The summed E-state index contributed by atoms with van der Waals surface area (Å²) in [6.45, 7) is 30.0. The van der Waals surface area contributed by atoms with Crippen LogP contribution in [0.15, 0.2) is 34.1 Å². The minimum absolute atomic E-state index is 0.0264. The topological polar surface area (TPSA) is 18.5 Å². The number of fused-ring (bicyclic) bond motifs is 5. The lowest BCUT2D eigenvalue weighted by Crippen LogP contribution is -2.46. The van der Waals surface area contributed by atoms with Crippen LogP contribution in [0.3, 0.4) is 0 Å². The zero-order chi connectivity index (χ0) is 28.2. The van der Waals surface area contributed by atoms with Gasteiger partial charge in [0.2, 0.25) is 0 Å². The summed E-state index contributed by atoms with van der Waals surface area (Å²) in [5, 5.41) is 0.212. The van der Waals surface area contributed by atoms with Crippen molar-refractivity contribution in [3.63, 3.8) is 0 Å². The molecule has 1 fully saturated rings. The second-order valence-electron chi connectivity index (χ2n) is 15.5. The van der Waals surface area contributed by atoms with Crippen LogP contribution in [0.25, 0.3) is 0 Å². The number of hydrogen-bond acceptors (Lipinski definition) is 5. The first-order chi connectivity index (χ1) is 17.2. The van der Waals surface area contributed by atoms with Crippen LogP contribution >= 0.6 is 35.3 Å². The van der Waals surface area contributed by atoms with Gasteiger partial charge in [0.05, 0.1) is 19.6 Å². The highest BCUT2D eigenvalue weighted by atomic mass is 32.2. The number of rotatable bonds is 0. The van der Waals surface area contributed by atoms with Crippen molar-refractivity contribution in [3.05, 3.63) is 46.5 Å². The first-order valence-corrected chi connectivity index (χ1v) is 16.6. The van der Waals surface area contributed by atoms with Crippen molar-refractivity contribution < 1.29 is 9.47 Å². The fraction of sp³-hybridized carbons (Fsp3) is 0.636. The standard InChI is InChI=1S/C33H46O2S3/c1-29(2,3)18-14-20(31(7,8)9)25-22(16-18)34-24-27-33(13,38-28(24)37-25)35-23-17-19(30(4,5)6)15-21(26(23)36-27)32(10,11)12/h14-17,24,27-28H,1-13H3/t24-,27+,28+,33-/m1/s1. The minimum Gasteiger partial charge on any atom is -0.486 e. The second-order valence-corrected chi connectivity index (χ2v) is 19.7. The van der Waals surface area contributed by atoms with Gasteiger partial charge < -0.3 is 9.47 Å². The van der Waals surface area contributed by atoms with Crippen LogP contribution in [-0.4, -0.2) is 20.9 Å². The fourth-order valence-electron chi connectivity index (χ4n) is 5.47. The Bertz CT molecular complexity index is 1270. The van der Waals surface area contributed by atoms with Gasteiger partial charge in [-0.15, -0.1) is 23.5 Å². The van der Waals surface area contributed by atoms with Crippen LogP contribution in [0.5, 0.6) is 11.5 Å². The van der Waals surface area contributed by atoms with Crippen LogP contribution in [-0.2, 0) is 21.7 Å². The van der Waals surface area contributed by atoms with Crippen molar-refractivity contribution in [2.45, 2.75) is 142 Å². The zero-order valence-electron chi connectivity index (χ0n) is 25.6. The normalized spacial score (nSPS) is 27.0. The molecule has 3 aliphatic rings. The summed E-state index contributed by atoms with van der Waals surface area (Å²) in [7, 11) is 0. The molecule has 1 saturated heterocycles. The van der Waals surface area contributed by atoms with E-state index >= 15 is 0 Å². The van der Waals surface area contributed by atoms with Crippen LogP contribution in [0.2, 0.25) is 0 Å². The Morgan fingerprint density at radius 1 is 0.632 bits per heavy atom. The predicted molar refractivity (Wildman–Crippen MR) is 168 cm³/mol. The number of benzene rings is 2. The van der Waals surface area contributed by atoms with Gasteiger partial charge in [-0.25, -0.2) is 0 Å². The van der Waals surface area contributed by atoms with E-state index in [-0.39, 0.29) is 37.9 Å². The lowest BCUT2D eigenvalue weighted by molar-refractivity contribution is 0.120. The van der Waals surface area contributed by atoms with E-state index in [0.717, 1.165) is 11.5 Å². The zero-order valence-corrected chi connectivity index (χ0v) is 28.0. The van der Waals surface area contributed by atoms with Gasteiger partial charge in [0, 0.05) is 0 Å². The molecule has 2 aromatic rings. The summed E-state index contributed by atoms with van der Waals surface area (Å²) >= 11 is 5.96. The Labute approximate surface area is 244 Å². The summed E-state index contributed by atoms with van der Waals surface area (Å²) in [4.78, 5) is 2.27. The molecule has 208 valence electrons. The molecule has 2 aromatic carbocycles. The molecule has 0 spiro atoms. The largest absolute Gasteiger partial charge is 0.486 e. The Hall–Kier alpha value is -0.910. The molecule has 0 radical (unpaired) electrons. The van der Waals surface area contributed by atoms with E-state index < -0.39 is 0 Å². The molecule has 0 amide bonds. The van der Waals surface area contributed by atoms with Crippen LogP contribution in [0.4, 0.5) is 0 Å². The third-order valence-corrected chi connectivity index (χ3v) is 12.8. The van der Waals surface area contributed by atoms with Gasteiger partial charge in [0.15, 0.2) is 4.93 Å². The molecule has 5 rings (SSSR count). The lowest BCUT2D eigenvalue weighted by atomic mass is 9.80. The second kappa shape index (κ2) is 8.79. The molecule has 0 aliphatic carbocycles. The van der Waals surface area contributed by atoms with Crippen molar-refractivity contribution in [1.82, 2.24) is 0 Å². The van der Waals surface area contributed by atoms with Gasteiger partial charge in [-0.2, -0.15) is 0 Å². The van der Waals surface area contributed by atoms with Crippen molar-refractivity contribution in [3.8, 4) is 11.5 Å². The van der Waals surface area contributed by atoms with E-state index in [1.165, 1.54) is 32.0 Å². The first-order valence-electron chi connectivity index (χ1n) is 13.9. The number of ether oxygens (including phenoxy) is 2. The highest BCUT2D eigenvalue weighted by Crippen LogP contribution is 2.64. The highest BCUT2D eigenvalue weighted by Gasteiger charge is 2.60. The Morgan fingerprint density at radius 2 is 1.11 bits per heavy atom. The molecule has 5 heteroatoms. The van der Waals surface area contributed by atoms with Gasteiger partial charge in [-0.1, -0.05) is 107 Å². The fourth-order valence-corrected chi connectivity index (χ4v) is 11.1. The van der Waals surface area contributed by atoms with Crippen molar-refractivity contribution >= 4 is 35.3 Å². The first kappa shape index (κ1) is 28.6.